The lowest BCUT2D eigenvalue weighted by atomic mass is 9.81. The molecule has 1 aliphatic carbocycles. The zero-order chi connectivity index (χ0) is 11.4. The van der Waals surface area contributed by atoms with Crippen LogP contribution in [0.2, 0.25) is 0 Å². The van der Waals surface area contributed by atoms with E-state index in [4.69, 9.17) is 10.5 Å². The summed E-state index contributed by atoms with van der Waals surface area (Å²) in [6.07, 6.45) is 6.60. The predicted molar refractivity (Wildman–Crippen MR) is 73.7 cm³/mol. The highest BCUT2D eigenvalue weighted by molar-refractivity contribution is 5.85. The van der Waals surface area contributed by atoms with Crippen molar-refractivity contribution in [2.75, 3.05) is 7.11 Å². The molecule has 3 heteroatoms. The highest BCUT2D eigenvalue weighted by Crippen LogP contribution is 2.33. The average Bonchev–Trinajstić information content (AvgIpc) is 2.39. The van der Waals surface area contributed by atoms with Gasteiger partial charge in [0.05, 0.1) is 7.11 Å². The molecule has 2 rings (SSSR count). The van der Waals surface area contributed by atoms with Crippen LogP contribution in [-0.2, 0) is 0 Å². The second kappa shape index (κ2) is 6.87. The topological polar surface area (TPSA) is 35.2 Å². The Morgan fingerprint density at radius 2 is 1.94 bits per heavy atom. The van der Waals surface area contributed by atoms with Crippen LogP contribution in [0.15, 0.2) is 24.3 Å². The summed E-state index contributed by atoms with van der Waals surface area (Å²) >= 11 is 0. The zero-order valence-electron chi connectivity index (χ0n) is 10.4. The molecule has 96 valence electrons. The van der Waals surface area contributed by atoms with Crippen molar-refractivity contribution in [3.63, 3.8) is 0 Å². The van der Waals surface area contributed by atoms with Gasteiger partial charge in [0.1, 0.15) is 5.75 Å². The fraction of sp³-hybridized carbons (Fsp3) is 0.571. The van der Waals surface area contributed by atoms with Gasteiger partial charge < -0.3 is 10.5 Å². The number of rotatable bonds is 3. The van der Waals surface area contributed by atoms with E-state index in [0.29, 0.717) is 5.92 Å². The van der Waals surface area contributed by atoms with E-state index in [9.17, 15) is 0 Å². The number of benzene rings is 1. The minimum Gasteiger partial charge on any atom is -0.497 e. The summed E-state index contributed by atoms with van der Waals surface area (Å²) in [4.78, 5) is 0. The molecule has 0 heterocycles. The molecule has 0 unspecified atom stereocenters. The fourth-order valence-electron chi connectivity index (χ4n) is 2.61. The Kier molecular flexibility index (Phi) is 5.79. The number of hydrogen-bond donors (Lipinski definition) is 1. The van der Waals surface area contributed by atoms with Gasteiger partial charge in [0.2, 0.25) is 0 Å². The van der Waals surface area contributed by atoms with Crippen molar-refractivity contribution in [2.45, 2.75) is 38.1 Å². The second-order valence-electron chi connectivity index (χ2n) is 4.70. The van der Waals surface area contributed by atoms with Crippen LogP contribution in [0.5, 0.6) is 5.75 Å². The third-order valence-corrected chi connectivity index (χ3v) is 3.64. The molecule has 0 aliphatic heterocycles. The average molecular weight is 256 g/mol. The summed E-state index contributed by atoms with van der Waals surface area (Å²) in [5.41, 5.74) is 7.55. The van der Waals surface area contributed by atoms with Crippen LogP contribution < -0.4 is 10.5 Å². The van der Waals surface area contributed by atoms with Crippen molar-refractivity contribution < 1.29 is 4.74 Å². The van der Waals surface area contributed by atoms with Gasteiger partial charge in [0.25, 0.3) is 0 Å². The molecule has 1 atom stereocenters. The van der Waals surface area contributed by atoms with Gasteiger partial charge in [-0.3, -0.25) is 0 Å². The van der Waals surface area contributed by atoms with E-state index in [1.165, 1.54) is 37.7 Å². The fourth-order valence-corrected chi connectivity index (χ4v) is 2.61. The molecule has 0 spiro atoms. The Bertz CT molecular complexity index is 337. The summed E-state index contributed by atoms with van der Waals surface area (Å²) < 4.78 is 5.24. The minimum absolute atomic E-state index is 0. The van der Waals surface area contributed by atoms with E-state index in [-0.39, 0.29) is 18.4 Å². The maximum absolute atomic E-state index is 6.34. The van der Waals surface area contributed by atoms with Gasteiger partial charge in [-0.15, -0.1) is 12.4 Å². The SMILES string of the molecule is COc1cccc([C@H](N)C2CCCCC2)c1.Cl. The van der Waals surface area contributed by atoms with E-state index in [1.54, 1.807) is 7.11 Å². The summed E-state index contributed by atoms with van der Waals surface area (Å²) in [5, 5.41) is 0. The molecule has 1 aliphatic rings. The molecule has 1 aromatic rings. The quantitative estimate of drug-likeness (QED) is 0.894. The molecule has 0 saturated heterocycles. The highest BCUT2D eigenvalue weighted by atomic mass is 35.5. The Balaban J connectivity index is 0.00000144. The summed E-state index contributed by atoms with van der Waals surface area (Å²) in [7, 11) is 1.70. The molecular formula is C14H22ClNO. The third-order valence-electron chi connectivity index (χ3n) is 3.64. The standard InChI is InChI=1S/C14H21NO.ClH/c1-16-13-9-5-8-12(10-13)14(15)11-6-3-2-4-7-11;/h5,8-11,14H,2-4,6-7,15H2,1H3;1H/t14-;/m1./s1. The maximum atomic E-state index is 6.34. The highest BCUT2D eigenvalue weighted by Gasteiger charge is 2.21. The van der Waals surface area contributed by atoms with Crippen molar-refractivity contribution in [2.24, 2.45) is 11.7 Å². The lowest BCUT2D eigenvalue weighted by Crippen LogP contribution is -2.23. The second-order valence-corrected chi connectivity index (χ2v) is 4.70. The largest absolute Gasteiger partial charge is 0.497 e. The Morgan fingerprint density at radius 1 is 1.24 bits per heavy atom. The van der Waals surface area contributed by atoms with E-state index < -0.39 is 0 Å². The number of nitrogens with two attached hydrogens (primary N) is 1. The molecule has 0 aromatic heterocycles. The number of ether oxygens (including phenoxy) is 1. The lowest BCUT2D eigenvalue weighted by molar-refractivity contribution is 0.307. The molecule has 0 amide bonds. The Hall–Kier alpha value is -0.730. The van der Waals surface area contributed by atoms with Gasteiger partial charge in [-0.1, -0.05) is 31.4 Å². The summed E-state index contributed by atoms with van der Waals surface area (Å²) in [6, 6.07) is 8.35. The van der Waals surface area contributed by atoms with Gasteiger partial charge in [0.15, 0.2) is 0 Å². The molecule has 1 aromatic carbocycles. The van der Waals surface area contributed by atoms with Crippen LogP contribution in [0.3, 0.4) is 0 Å². The van der Waals surface area contributed by atoms with Crippen molar-refractivity contribution in [3.8, 4) is 5.75 Å². The summed E-state index contributed by atoms with van der Waals surface area (Å²) in [6.45, 7) is 0. The van der Waals surface area contributed by atoms with Crippen LogP contribution in [0.4, 0.5) is 0 Å². The Morgan fingerprint density at radius 3 is 2.59 bits per heavy atom. The summed E-state index contributed by atoms with van der Waals surface area (Å²) in [5.74, 6) is 1.56. The molecule has 1 fully saturated rings. The molecule has 2 N–H and O–H groups in total. The first-order chi connectivity index (χ1) is 7.81. The van der Waals surface area contributed by atoms with Gasteiger partial charge in [-0.2, -0.15) is 0 Å². The van der Waals surface area contributed by atoms with Crippen molar-refractivity contribution in [3.05, 3.63) is 29.8 Å². The number of hydrogen-bond acceptors (Lipinski definition) is 2. The van der Waals surface area contributed by atoms with E-state index in [0.717, 1.165) is 5.75 Å². The normalized spacial score (nSPS) is 18.2. The van der Waals surface area contributed by atoms with Crippen LogP contribution in [0, 0.1) is 5.92 Å². The molecule has 0 radical (unpaired) electrons. The molecule has 2 nitrogen and oxygen atoms in total. The smallest absolute Gasteiger partial charge is 0.119 e. The van der Waals surface area contributed by atoms with Gasteiger partial charge in [-0.05, 0) is 36.5 Å². The third kappa shape index (κ3) is 3.62. The van der Waals surface area contributed by atoms with Crippen molar-refractivity contribution in [1.29, 1.82) is 0 Å². The van der Waals surface area contributed by atoms with Gasteiger partial charge >= 0.3 is 0 Å². The van der Waals surface area contributed by atoms with Crippen molar-refractivity contribution in [1.82, 2.24) is 0 Å². The molecule has 1 saturated carbocycles. The molecular weight excluding hydrogens is 234 g/mol. The first-order valence-electron chi connectivity index (χ1n) is 6.21. The van der Waals surface area contributed by atoms with Crippen molar-refractivity contribution >= 4 is 12.4 Å². The van der Waals surface area contributed by atoms with E-state index in [1.807, 2.05) is 12.1 Å². The molecule has 0 bridgehead atoms. The number of halogens is 1. The van der Waals surface area contributed by atoms with Gasteiger partial charge in [-0.25, -0.2) is 0 Å². The van der Waals surface area contributed by atoms with E-state index >= 15 is 0 Å². The number of methoxy groups -OCH3 is 1. The predicted octanol–water partition coefficient (Wildman–Crippen LogP) is 3.70. The first kappa shape index (κ1) is 14.3. The first-order valence-corrected chi connectivity index (χ1v) is 6.21. The van der Waals surface area contributed by atoms with Gasteiger partial charge in [0, 0.05) is 6.04 Å². The zero-order valence-corrected chi connectivity index (χ0v) is 11.2. The maximum Gasteiger partial charge on any atom is 0.119 e. The van der Waals surface area contributed by atoms with E-state index in [2.05, 4.69) is 12.1 Å². The lowest BCUT2D eigenvalue weighted by Gasteiger charge is -2.27. The van der Waals surface area contributed by atoms with Crippen LogP contribution in [0.1, 0.15) is 43.7 Å². The van der Waals surface area contributed by atoms with Crippen LogP contribution in [-0.4, -0.2) is 7.11 Å². The minimum atomic E-state index is 0. The monoisotopic (exact) mass is 255 g/mol. The van der Waals surface area contributed by atoms with Crippen LogP contribution >= 0.6 is 12.4 Å². The molecule has 17 heavy (non-hydrogen) atoms. The van der Waals surface area contributed by atoms with Crippen LogP contribution in [0.25, 0.3) is 0 Å². The Labute approximate surface area is 110 Å².